The number of nitrogens with two attached hydrogens (primary N) is 1. The van der Waals surface area contributed by atoms with Gasteiger partial charge in [-0.05, 0) is 19.1 Å². The Morgan fingerprint density at radius 2 is 2.14 bits per heavy atom. The minimum atomic E-state index is -0.436. The fraction of sp³-hybridized carbons (Fsp3) is 0.385. The summed E-state index contributed by atoms with van der Waals surface area (Å²) in [6.45, 7) is 1.82. The highest BCUT2D eigenvalue weighted by Gasteiger charge is 2.17. The average molecular weight is 290 g/mol. The van der Waals surface area contributed by atoms with Gasteiger partial charge in [0, 0.05) is 20.3 Å². The standard InChI is InChI=1S/C13H18N6O2/c1-8(14)11-16-13(18(2)3)17-19(11)10-6-5-9(7-15-10)12(20)21-4/h5-8H,14H2,1-4H3. The molecule has 0 fully saturated rings. The molecule has 1 atom stereocenters. The van der Waals surface area contributed by atoms with E-state index in [0.29, 0.717) is 23.2 Å². The molecule has 8 heteroatoms. The van der Waals surface area contributed by atoms with Gasteiger partial charge in [0.05, 0.1) is 18.7 Å². The molecule has 0 amide bonds. The summed E-state index contributed by atoms with van der Waals surface area (Å²) < 4.78 is 6.21. The van der Waals surface area contributed by atoms with Gasteiger partial charge in [0.25, 0.3) is 0 Å². The Labute approximate surface area is 122 Å². The van der Waals surface area contributed by atoms with Crippen molar-refractivity contribution in [1.29, 1.82) is 0 Å². The summed E-state index contributed by atoms with van der Waals surface area (Å²) in [5.74, 6) is 1.24. The molecule has 2 aromatic rings. The van der Waals surface area contributed by atoms with Crippen LogP contribution in [0.4, 0.5) is 5.95 Å². The highest BCUT2D eigenvalue weighted by molar-refractivity contribution is 5.88. The van der Waals surface area contributed by atoms with Crippen molar-refractivity contribution in [3.05, 3.63) is 29.7 Å². The predicted molar refractivity (Wildman–Crippen MR) is 77.4 cm³/mol. The Bertz CT molecular complexity index is 633. The van der Waals surface area contributed by atoms with Gasteiger partial charge in [-0.1, -0.05) is 0 Å². The summed E-state index contributed by atoms with van der Waals surface area (Å²) in [6.07, 6.45) is 1.43. The van der Waals surface area contributed by atoms with Gasteiger partial charge in [0.2, 0.25) is 5.95 Å². The molecular formula is C13H18N6O2. The molecule has 0 aliphatic rings. The molecule has 2 aromatic heterocycles. The van der Waals surface area contributed by atoms with E-state index in [1.165, 1.54) is 13.3 Å². The zero-order valence-electron chi connectivity index (χ0n) is 12.4. The molecule has 0 saturated heterocycles. The van der Waals surface area contributed by atoms with Gasteiger partial charge in [0.15, 0.2) is 11.6 Å². The van der Waals surface area contributed by atoms with E-state index >= 15 is 0 Å². The smallest absolute Gasteiger partial charge is 0.339 e. The number of carbonyl (C=O) groups excluding carboxylic acids is 1. The summed E-state index contributed by atoms with van der Waals surface area (Å²) in [4.78, 5) is 21.8. The van der Waals surface area contributed by atoms with Gasteiger partial charge in [0.1, 0.15) is 0 Å². The van der Waals surface area contributed by atoms with Crippen molar-refractivity contribution in [2.45, 2.75) is 13.0 Å². The molecule has 0 aliphatic carbocycles. The predicted octanol–water partition coefficient (Wildman–Crippen LogP) is 0.535. The average Bonchev–Trinajstić information content (AvgIpc) is 2.92. The number of hydrogen-bond acceptors (Lipinski definition) is 7. The Balaban J connectivity index is 2.43. The van der Waals surface area contributed by atoms with E-state index in [0.717, 1.165) is 0 Å². The fourth-order valence-corrected chi connectivity index (χ4v) is 1.72. The molecule has 112 valence electrons. The molecule has 0 saturated carbocycles. The number of aromatic nitrogens is 4. The minimum Gasteiger partial charge on any atom is -0.465 e. The van der Waals surface area contributed by atoms with E-state index < -0.39 is 5.97 Å². The van der Waals surface area contributed by atoms with E-state index in [1.54, 1.807) is 21.7 Å². The number of hydrogen-bond donors (Lipinski definition) is 1. The molecule has 8 nitrogen and oxygen atoms in total. The summed E-state index contributed by atoms with van der Waals surface area (Å²) in [6, 6.07) is 3.00. The summed E-state index contributed by atoms with van der Waals surface area (Å²) >= 11 is 0. The molecular weight excluding hydrogens is 272 g/mol. The maximum Gasteiger partial charge on any atom is 0.339 e. The first kappa shape index (κ1) is 14.9. The van der Waals surface area contributed by atoms with E-state index in [-0.39, 0.29) is 6.04 Å². The van der Waals surface area contributed by atoms with Crippen molar-refractivity contribution in [3.8, 4) is 5.82 Å². The number of ether oxygens (including phenoxy) is 1. The Morgan fingerprint density at radius 1 is 1.43 bits per heavy atom. The highest BCUT2D eigenvalue weighted by atomic mass is 16.5. The first-order valence-electron chi connectivity index (χ1n) is 6.38. The van der Waals surface area contributed by atoms with Crippen LogP contribution in [-0.2, 0) is 4.74 Å². The van der Waals surface area contributed by atoms with Gasteiger partial charge in [-0.15, -0.1) is 5.10 Å². The lowest BCUT2D eigenvalue weighted by molar-refractivity contribution is 0.0600. The second-order valence-electron chi connectivity index (χ2n) is 4.76. The normalized spacial score (nSPS) is 12.0. The first-order chi connectivity index (χ1) is 9.93. The lowest BCUT2D eigenvalue weighted by atomic mass is 10.3. The number of rotatable bonds is 4. The molecule has 2 rings (SSSR count). The van der Waals surface area contributed by atoms with Crippen LogP contribution in [0.25, 0.3) is 5.82 Å². The molecule has 0 spiro atoms. The van der Waals surface area contributed by atoms with E-state index in [4.69, 9.17) is 5.73 Å². The van der Waals surface area contributed by atoms with Crippen LogP contribution < -0.4 is 10.6 Å². The van der Waals surface area contributed by atoms with Crippen LogP contribution in [0, 0.1) is 0 Å². The zero-order valence-corrected chi connectivity index (χ0v) is 12.4. The van der Waals surface area contributed by atoms with Crippen molar-refractivity contribution in [2.75, 3.05) is 26.1 Å². The number of esters is 1. The third-order valence-electron chi connectivity index (χ3n) is 2.81. The van der Waals surface area contributed by atoms with Crippen molar-refractivity contribution < 1.29 is 9.53 Å². The summed E-state index contributed by atoms with van der Waals surface area (Å²) in [5, 5.41) is 4.37. The number of methoxy groups -OCH3 is 1. The fourth-order valence-electron chi connectivity index (χ4n) is 1.72. The third kappa shape index (κ3) is 3.00. The molecule has 2 heterocycles. The first-order valence-corrected chi connectivity index (χ1v) is 6.38. The van der Waals surface area contributed by atoms with Gasteiger partial charge >= 0.3 is 5.97 Å². The van der Waals surface area contributed by atoms with Crippen molar-refractivity contribution in [2.24, 2.45) is 5.73 Å². The topological polar surface area (TPSA) is 99.2 Å². The Kier molecular flexibility index (Phi) is 4.18. The molecule has 2 N–H and O–H groups in total. The zero-order chi connectivity index (χ0) is 15.6. The van der Waals surface area contributed by atoms with Crippen molar-refractivity contribution >= 4 is 11.9 Å². The molecule has 1 unspecified atom stereocenters. The highest BCUT2D eigenvalue weighted by Crippen LogP contribution is 2.16. The van der Waals surface area contributed by atoms with Crippen LogP contribution in [0.2, 0.25) is 0 Å². The van der Waals surface area contributed by atoms with Crippen LogP contribution in [0.3, 0.4) is 0 Å². The molecule has 0 radical (unpaired) electrons. The summed E-state index contributed by atoms with van der Waals surface area (Å²) in [7, 11) is 5.02. The van der Waals surface area contributed by atoms with E-state index in [2.05, 4.69) is 19.8 Å². The van der Waals surface area contributed by atoms with Crippen LogP contribution in [0.5, 0.6) is 0 Å². The molecule has 0 aromatic carbocycles. The molecule has 21 heavy (non-hydrogen) atoms. The minimum absolute atomic E-state index is 0.298. The van der Waals surface area contributed by atoms with Gasteiger partial charge < -0.3 is 15.4 Å². The second-order valence-corrected chi connectivity index (χ2v) is 4.76. The SMILES string of the molecule is COC(=O)c1ccc(-n2nc(N(C)C)nc2C(C)N)nc1. The Morgan fingerprint density at radius 3 is 2.62 bits per heavy atom. The van der Waals surface area contributed by atoms with Gasteiger partial charge in [-0.2, -0.15) is 9.67 Å². The number of nitrogens with zero attached hydrogens (tertiary/aromatic N) is 5. The van der Waals surface area contributed by atoms with Crippen LogP contribution in [-0.4, -0.2) is 46.9 Å². The number of pyridine rings is 1. The van der Waals surface area contributed by atoms with Crippen molar-refractivity contribution in [1.82, 2.24) is 19.7 Å². The van der Waals surface area contributed by atoms with E-state index in [9.17, 15) is 4.79 Å². The quantitative estimate of drug-likeness (QED) is 0.820. The second kappa shape index (κ2) is 5.88. The van der Waals surface area contributed by atoms with Crippen LogP contribution in [0.15, 0.2) is 18.3 Å². The summed E-state index contributed by atoms with van der Waals surface area (Å²) in [5.41, 5.74) is 6.29. The van der Waals surface area contributed by atoms with Gasteiger partial charge in [-0.25, -0.2) is 9.78 Å². The maximum absolute atomic E-state index is 11.4. The Hall–Kier alpha value is -2.48. The largest absolute Gasteiger partial charge is 0.465 e. The lowest BCUT2D eigenvalue weighted by Gasteiger charge is -2.07. The van der Waals surface area contributed by atoms with Crippen LogP contribution >= 0.6 is 0 Å². The third-order valence-corrected chi connectivity index (χ3v) is 2.81. The van der Waals surface area contributed by atoms with Gasteiger partial charge in [-0.3, -0.25) is 0 Å². The maximum atomic E-state index is 11.4. The van der Waals surface area contributed by atoms with Crippen LogP contribution in [0.1, 0.15) is 29.1 Å². The monoisotopic (exact) mass is 290 g/mol. The van der Waals surface area contributed by atoms with Crippen molar-refractivity contribution in [3.63, 3.8) is 0 Å². The number of carbonyl (C=O) groups is 1. The lowest BCUT2D eigenvalue weighted by Crippen LogP contribution is -2.14. The number of anilines is 1. The molecule has 0 aliphatic heterocycles. The van der Waals surface area contributed by atoms with E-state index in [1.807, 2.05) is 21.0 Å². The molecule has 0 bridgehead atoms.